The molecule has 1 N–H and O–H groups in total. The minimum atomic E-state index is -4.46. The number of halogens is 3. The van der Waals surface area contributed by atoms with Crippen molar-refractivity contribution in [1.82, 2.24) is 0 Å². The lowest BCUT2D eigenvalue weighted by Crippen LogP contribution is -2.49. The number of aldehydes is 1. The molecule has 1 saturated carbocycles. The first-order valence-electron chi connectivity index (χ1n) is 6.42. The van der Waals surface area contributed by atoms with Crippen molar-refractivity contribution in [2.45, 2.75) is 45.3 Å². The normalized spacial score (nSPS) is 33.0. The first kappa shape index (κ1) is 16.7. The smallest absolute Gasteiger partial charge is 0.392 e. The van der Waals surface area contributed by atoms with Crippen molar-refractivity contribution < 1.29 is 27.9 Å². The van der Waals surface area contributed by atoms with Gasteiger partial charge < -0.3 is 9.90 Å². The molecule has 0 spiro atoms. The van der Waals surface area contributed by atoms with E-state index in [2.05, 4.69) is 4.99 Å². The van der Waals surface area contributed by atoms with Gasteiger partial charge in [-0.1, -0.05) is 13.3 Å². The molecule has 20 heavy (non-hydrogen) atoms. The Morgan fingerprint density at radius 3 is 2.50 bits per heavy atom. The summed E-state index contributed by atoms with van der Waals surface area (Å²) in [6.45, 7) is 2.64. The lowest BCUT2D eigenvalue weighted by molar-refractivity contribution is -0.213. The molecule has 1 aliphatic carbocycles. The number of nitrogens with zero attached hydrogens (tertiary/aromatic N) is 1. The molecule has 0 amide bonds. The first-order valence-corrected chi connectivity index (χ1v) is 6.42. The Balaban J connectivity index is 3.01. The Bertz CT molecular complexity index is 408. The molecular formula is C13H18F3NO3. The van der Waals surface area contributed by atoms with E-state index in [0.717, 1.165) is 6.21 Å². The summed E-state index contributed by atoms with van der Waals surface area (Å²) in [6, 6.07) is -0.831. The van der Waals surface area contributed by atoms with Crippen molar-refractivity contribution in [3.8, 4) is 0 Å². The summed E-state index contributed by atoms with van der Waals surface area (Å²) in [5.74, 6) is -3.73. The van der Waals surface area contributed by atoms with Crippen LogP contribution in [0.5, 0.6) is 0 Å². The van der Waals surface area contributed by atoms with Crippen molar-refractivity contribution in [2.75, 3.05) is 0 Å². The highest BCUT2D eigenvalue weighted by molar-refractivity contribution is 5.88. The maximum atomic E-state index is 13.0. The number of carbonyl (C=O) groups is 2. The van der Waals surface area contributed by atoms with Gasteiger partial charge >= 0.3 is 12.1 Å². The quantitative estimate of drug-likeness (QED) is 0.640. The molecule has 4 nitrogen and oxygen atoms in total. The number of aliphatic imine (C=N–C) groups is 1. The van der Waals surface area contributed by atoms with Gasteiger partial charge in [-0.25, -0.2) is 0 Å². The number of aliphatic carboxylic acids is 1. The Hall–Kier alpha value is -1.40. The van der Waals surface area contributed by atoms with Gasteiger partial charge in [-0.2, -0.15) is 13.2 Å². The summed E-state index contributed by atoms with van der Waals surface area (Å²) in [6.07, 6.45) is -2.45. The Labute approximate surface area is 115 Å². The molecule has 0 bridgehead atoms. The topological polar surface area (TPSA) is 66.7 Å². The molecule has 1 aliphatic rings. The fourth-order valence-electron chi connectivity index (χ4n) is 2.58. The van der Waals surface area contributed by atoms with Crippen LogP contribution in [0.4, 0.5) is 13.2 Å². The maximum absolute atomic E-state index is 13.0. The lowest BCUT2D eigenvalue weighted by Gasteiger charge is -2.42. The summed E-state index contributed by atoms with van der Waals surface area (Å²) in [7, 11) is 0. The number of rotatable bonds is 4. The molecule has 0 aromatic heterocycles. The number of carboxylic acid groups (broad SMARTS) is 1. The van der Waals surface area contributed by atoms with Crippen LogP contribution in [-0.4, -0.2) is 35.8 Å². The van der Waals surface area contributed by atoms with Gasteiger partial charge in [-0.15, -0.1) is 0 Å². The van der Waals surface area contributed by atoms with Crippen LogP contribution in [-0.2, 0) is 9.59 Å². The molecular weight excluding hydrogens is 275 g/mol. The lowest BCUT2D eigenvalue weighted by atomic mass is 9.65. The van der Waals surface area contributed by atoms with Gasteiger partial charge in [0.1, 0.15) is 6.29 Å². The van der Waals surface area contributed by atoms with Gasteiger partial charge in [0.05, 0.1) is 23.3 Å². The molecule has 0 aromatic carbocycles. The van der Waals surface area contributed by atoms with Gasteiger partial charge in [0, 0.05) is 6.21 Å². The zero-order valence-electron chi connectivity index (χ0n) is 11.4. The molecule has 7 heteroatoms. The average Bonchev–Trinajstić information content (AvgIpc) is 2.35. The van der Waals surface area contributed by atoms with E-state index in [1.165, 1.54) is 13.8 Å². The number of hydrogen-bond acceptors (Lipinski definition) is 3. The van der Waals surface area contributed by atoms with E-state index in [4.69, 9.17) is 5.11 Å². The third-order valence-electron chi connectivity index (χ3n) is 3.97. The molecule has 0 aliphatic heterocycles. The molecule has 4 unspecified atom stereocenters. The molecule has 0 saturated heterocycles. The Morgan fingerprint density at radius 1 is 1.45 bits per heavy atom. The third-order valence-corrected chi connectivity index (χ3v) is 3.97. The number of carboxylic acids is 1. The highest BCUT2D eigenvalue weighted by atomic mass is 19.4. The highest BCUT2D eigenvalue weighted by Gasteiger charge is 2.56. The van der Waals surface area contributed by atoms with E-state index in [-0.39, 0.29) is 6.42 Å². The van der Waals surface area contributed by atoms with Crippen molar-refractivity contribution in [3.63, 3.8) is 0 Å². The summed E-state index contributed by atoms with van der Waals surface area (Å²) in [5, 5.41) is 8.74. The molecule has 1 fully saturated rings. The standard InChI is InChI=1S/C13H18F3NO3/c1-8(11(19)20)6-17-10-5-3-4-9(13(14,15)16)12(10,2)7-18/h6-10H,3-5H2,1-2H3,(H,19,20). The van der Waals surface area contributed by atoms with Gasteiger partial charge in [0.2, 0.25) is 0 Å². The molecule has 1 rings (SSSR count). The number of carbonyl (C=O) groups excluding carboxylic acids is 1. The SMILES string of the molecule is CC(C=NC1CCCC(C(F)(F)F)C1(C)C=O)C(=O)O. The summed E-state index contributed by atoms with van der Waals surface area (Å²) in [4.78, 5) is 25.9. The predicted molar refractivity (Wildman–Crippen MR) is 66.6 cm³/mol. The minimum absolute atomic E-state index is 0.0980. The minimum Gasteiger partial charge on any atom is -0.481 e. The van der Waals surface area contributed by atoms with Gasteiger partial charge in [-0.05, 0) is 19.8 Å². The van der Waals surface area contributed by atoms with Crippen molar-refractivity contribution in [1.29, 1.82) is 0 Å². The van der Waals surface area contributed by atoms with Crippen LogP contribution in [0.1, 0.15) is 33.1 Å². The molecule has 114 valence electrons. The van der Waals surface area contributed by atoms with Crippen LogP contribution in [0.2, 0.25) is 0 Å². The van der Waals surface area contributed by atoms with Crippen molar-refractivity contribution in [2.24, 2.45) is 22.2 Å². The Kier molecular flexibility index (Phi) is 4.94. The Morgan fingerprint density at radius 2 is 2.05 bits per heavy atom. The fourth-order valence-corrected chi connectivity index (χ4v) is 2.58. The first-order chi connectivity index (χ1) is 9.13. The van der Waals surface area contributed by atoms with Crippen molar-refractivity contribution in [3.05, 3.63) is 0 Å². The van der Waals surface area contributed by atoms with Gasteiger partial charge in [0.15, 0.2) is 0 Å². The fraction of sp³-hybridized carbons (Fsp3) is 0.769. The van der Waals surface area contributed by atoms with E-state index >= 15 is 0 Å². The third kappa shape index (κ3) is 3.37. The van der Waals surface area contributed by atoms with E-state index in [0.29, 0.717) is 19.1 Å². The van der Waals surface area contributed by atoms with E-state index in [1.54, 1.807) is 0 Å². The highest BCUT2D eigenvalue weighted by Crippen LogP contribution is 2.49. The van der Waals surface area contributed by atoms with Gasteiger partial charge in [0.25, 0.3) is 0 Å². The van der Waals surface area contributed by atoms with Crippen LogP contribution < -0.4 is 0 Å². The van der Waals surface area contributed by atoms with Crippen LogP contribution in [0, 0.1) is 17.3 Å². The van der Waals surface area contributed by atoms with E-state index in [1.807, 2.05) is 0 Å². The second kappa shape index (κ2) is 5.93. The van der Waals surface area contributed by atoms with Crippen LogP contribution >= 0.6 is 0 Å². The monoisotopic (exact) mass is 293 g/mol. The largest absolute Gasteiger partial charge is 0.481 e. The summed E-state index contributed by atoms with van der Waals surface area (Å²) < 4.78 is 39.1. The van der Waals surface area contributed by atoms with Gasteiger partial charge in [-0.3, -0.25) is 9.79 Å². The van der Waals surface area contributed by atoms with Crippen LogP contribution in [0.3, 0.4) is 0 Å². The van der Waals surface area contributed by atoms with Crippen LogP contribution in [0.15, 0.2) is 4.99 Å². The second-order valence-corrected chi connectivity index (χ2v) is 5.45. The van der Waals surface area contributed by atoms with Crippen LogP contribution in [0.25, 0.3) is 0 Å². The second-order valence-electron chi connectivity index (χ2n) is 5.45. The zero-order valence-corrected chi connectivity index (χ0v) is 11.4. The number of hydrogen-bond donors (Lipinski definition) is 1. The predicted octanol–water partition coefficient (Wildman–Crippen LogP) is 2.71. The summed E-state index contributed by atoms with van der Waals surface area (Å²) in [5.41, 5.74) is -1.63. The average molecular weight is 293 g/mol. The number of alkyl halides is 3. The molecule has 0 heterocycles. The zero-order chi connectivity index (χ0) is 15.6. The molecule has 0 aromatic rings. The molecule has 4 atom stereocenters. The van der Waals surface area contributed by atoms with E-state index < -0.39 is 35.4 Å². The molecule has 0 radical (unpaired) electrons. The van der Waals surface area contributed by atoms with E-state index in [9.17, 15) is 22.8 Å². The summed E-state index contributed by atoms with van der Waals surface area (Å²) >= 11 is 0. The maximum Gasteiger partial charge on any atom is 0.392 e. The van der Waals surface area contributed by atoms with Crippen molar-refractivity contribution >= 4 is 18.5 Å².